The predicted molar refractivity (Wildman–Crippen MR) is 136 cm³/mol. The van der Waals surface area contributed by atoms with Gasteiger partial charge in [0.25, 0.3) is 0 Å². The van der Waals surface area contributed by atoms with Crippen molar-refractivity contribution in [2.24, 2.45) is 0 Å². The van der Waals surface area contributed by atoms with Crippen molar-refractivity contribution in [3.05, 3.63) is 71.9 Å². The van der Waals surface area contributed by atoms with Crippen LogP contribution in [0.15, 0.2) is 60.8 Å². The first kappa shape index (κ1) is 24.5. The molecule has 0 unspecified atom stereocenters. The van der Waals surface area contributed by atoms with Gasteiger partial charge in [-0.05, 0) is 41.8 Å². The van der Waals surface area contributed by atoms with Crippen molar-refractivity contribution in [2.45, 2.75) is 12.4 Å². The molecule has 0 bridgehead atoms. The summed E-state index contributed by atoms with van der Waals surface area (Å²) in [6.45, 7) is 1.12. The number of benzene rings is 2. The highest BCUT2D eigenvalue weighted by Gasteiger charge is 2.37. The molecule has 0 amide bonds. The topological polar surface area (TPSA) is 48.1 Å². The minimum Gasteiger partial charge on any atom is -0.353 e. The number of imidazole rings is 1. The first-order valence-corrected chi connectivity index (χ1v) is 12.5. The number of pyridine rings is 1. The van der Waals surface area contributed by atoms with Crippen molar-refractivity contribution >= 4 is 44.2 Å². The fourth-order valence-electron chi connectivity index (χ4n) is 4.72. The highest BCUT2D eigenvalue weighted by molar-refractivity contribution is 7.22. The smallest absolute Gasteiger partial charge is 0.353 e. The quantitative estimate of drug-likeness (QED) is 0.243. The molecule has 1 fully saturated rings. The second kappa shape index (κ2) is 8.90. The summed E-state index contributed by atoms with van der Waals surface area (Å²) in [6.07, 6.45) is -7.75. The molecule has 4 heterocycles. The van der Waals surface area contributed by atoms with Crippen LogP contribution >= 0.6 is 11.3 Å². The predicted octanol–water partition coefficient (Wildman–Crippen LogP) is 7.20. The molecule has 0 saturated carbocycles. The Labute approximate surface area is 216 Å². The molecule has 1 aliphatic rings. The van der Waals surface area contributed by atoms with E-state index in [1.165, 1.54) is 23.6 Å². The van der Waals surface area contributed by atoms with E-state index < -0.39 is 23.5 Å². The van der Waals surface area contributed by atoms with Gasteiger partial charge >= 0.3 is 12.4 Å². The molecule has 12 heteroatoms. The lowest BCUT2D eigenvalue weighted by Crippen LogP contribution is -2.47. The standard InChI is InChI=1S/C26H19F6N5S/c27-25(28,29)16-13-17(21-12-15-4-1-2-6-20(15)38-21)22-19(14-16)34-24(35-22)37-10-8-36(9-11-37)23-18(26(30,31)32)5-3-7-33-23/h1-7,12-14H,8-11H2,(H,34,35). The molecule has 0 radical (unpaired) electrons. The average molecular weight is 548 g/mol. The van der Waals surface area contributed by atoms with E-state index in [2.05, 4.69) is 15.0 Å². The third-order valence-corrected chi connectivity index (χ3v) is 7.71. The summed E-state index contributed by atoms with van der Waals surface area (Å²) in [5.74, 6) is 0.240. The van der Waals surface area contributed by atoms with Gasteiger partial charge in [-0.15, -0.1) is 11.3 Å². The summed E-state index contributed by atoms with van der Waals surface area (Å²) in [5, 5.41) is 0.928. The summed E-state index contributed by atoms with van der Waals surface area (Å²) in [5.41, 5.74) is -0.558. The fourth-order valence-corrected chi connectivity index (χ4v) is 5.80. The Bertz CT molecular complexity index is 1600. The van der Waals surface area contributed by atoms with E-state index in [9.17, 15) is 26.3 Å². The summed E-state index contributed by atoms with van der Waals surface area (Å²) >= 11 is 1.39. The molecule has 0 aliphatic carbocycles. The Kier molecular flexibility index (Phi) is 5.74. The Balaban J connectivity index is 1.34. The third-order valence-electron chi connectivity index (χ3n) is 6.56. The molecule has 5 aromatic rings. The van der Waals surface area contributed by atoms with Crippen molar-refractivity contribution in [3.63, 3.8) is 0 Å². The van der Waals surface area contributed by atoms with Gasteiger partial charge in [-0.25, -0.2) is 9.97 Å². The minimum atomic E-state index is -4.55. The van der Waals surface area contributed by atoms with Crippen molar-refractivity contribution < 1.29 is 26.3 Å². The summed E-state index contributed by atoms with van der Waals surface area (Å²) in [4.78, 5) is 15.7. The van der Waals surface area contributed by atoms with Gasteiger partial charge in [-0.2, -0.15) is 26.3 Å². The van der Waals surface area contributed by atoms with Gasteiger partial charge in [0, 0.05) is 47.5 Å². The Morgan fingerprint density at radius 3 is 2.26 bits per heavy atom. The maximum atomic E-state index is 13.8. The number of hydrogen-bond acceptors (Lipinski definition) is 5. The second-order valence-electron chi connectivity index (χ2n) is 8.97. The van der Waals surface area contributed by atoms with Crippen LogP contribution in [0, 0.1) is 0 Å². The number of H-pyrrole nitrogens is 1. The van der Waals surface area contributed by atoms with Crippen LogP contribution < -0.4 is 9.80 Å². The Morgan fingerprint density at radius 2 is 1.55 bits per heavy atom. The minimum absolute atomic E-state index is 0.133. The molecule has 2 aromatic carbocycles. The maximum absolute atomic E-state index is 13.8. The van der Waals surface area contributed by atoms with Crippen molar-refractivity contribution in [1.29, 1.82) is 0 Å². The van der Waals surface area contributed by atoms with Gasteiger partial charge in [-0.1, -0.05) is 18.2 Å². The number of thiophene rings is 1. The molecule has 0 atom stereocenters. The molecule has 38 heavy (non-hydrogen) atoms. The van der Waals surface area contributed by atoms with Crippen LogP contribution in [0.2, 0.25) is 0 Å². The van der Waals surface area contributed by atoms with E-state index in [0.717, 1.165) is 28.3 Å². The number of aromatic amines is 1. The number of halogens is 6. The maximum Gasteiger partial charge on any atom is 0.419 e. The lowest BCUT2D eigenvalue weighted by Gasteiger charge is -2.36. The zero-order chi connectivity index (χ0) is 26.7. The normalized spacial score (nSPS) is 15.1. The van der Waals surface area contributed by atoms with E-state index >= 15 is 0 Å². The van der Waals surface area contributed by atoms with E-state index in [-0.39, 0.29) is 24.4 Å². The average Bonchev–Trinajstić information content (AvgIpc) is 3.52. The van der Waals surface area contributed by atoms with Crippen LogP contribution in [0.5, 0.6) is 0 Å². The second-order valence-corrected chi connectivity index (χ2v) is 10.1. The molecule has 1 N–H and O–H groups in total. The Hall–Kier alpha value is -3.80. The third kappa shape index (κ3) is 4.42. The molecule has 196 valence electrons. The number of anilines is 2. The highest BCUT2D eigenvalue weighted by atomic mass is 32.1. The van der Waals surface area contributed by atoms with Gasteiger partial charge in [-0.3, -0.25) is 0 Å². The summed E-state index contributed by atoms with van der Waals surface area (Å²) in [6, 6.07) is 13.8. The number of alkyl halides is 6. The molecule has 0 spiro atoms. The zero-order valence-electron chi connectivity index (χ0n) is 19.6. The lowest BCUT2D eigenvalue weighted by atomic mass is 10.1. The van der Waals surface area contributed by atoms with Gasteiger partial charge < -0.3 is 14.8 Å². The lowest BCUT2D eigenvalue weighted by molar-refractivity contribution is -0.138. The van der Waals surface area contributed by atoms with Crippen LogP contribution in [-0.2, 0) is 12.4 Å². The first-order valence-electron chi connectivity index (χ1n) is 11.7. The first-order chi connectivity index (χ1) is 18.1. The van der Waals surface area contributed by atoms with E-state index in [0.29, 0.717) is 35.0 Å². The molecule has 1 aliphatic heterocycles. The van der Waals surface area contributed by atoms with Crippen LogP contribution in [-0.4, -0.2) is 41.1 Å². The van der Waals surface area contributed by atoms with Crippen molar-refractivity contribution in [2.75, 3.05) is 36.0 Å². The van der Waals surface area contributed by atoms with Crippen LogP contribution in [0.25, 0.3) is 31.6 Å². The Morgan fingerprint density at radius 1 is 0.816 bits per heavy atom. The van der Waals surface area contributed by atoms with Gasteiger partial charge in [0.15, 0.2) is 0 Å². The number of aromatic nitrogens is 3. The fraction of sp³-hybridized carbons (Fsp3) is 0.231. The number of rotatable bonds is 3. The van der Waals surface area contributed by atoms with Gasteiger partial charge in [0.05, 0.1) is 22.2 Å². The molecular weight excluding hydrogens is 528 g/mol. The molecule has 1 saturated heterocycles. The van der Waals surface area contributed by atoms with Gasteiger partial charge in [0.2, 0.25) is 5.95 Å². The van der Waals surface area contributed by atoms with Crippen LogP contribution in [0.4, 0.5) is 38.1 Å². The summed E-state index contributed by atoms with van der Waals surface area (Å²) in [7, 11) is 0. The number of piperazine rings is 1. The van der Waals surface area contributed by atoms with Crippen LogP contribution in [0.3, 0.4) is 0 Å². The highest BCUT2D eigenvalue weighted by Crippen LogP contribution is 2.41. The van der Waals surface area contributed by atoms with Crippen LogP contribution in [0.1, 0.15) is 11.1 Å². The summed E-state index contributed by atoms with van der Waals surface area (Å²) < 4.78 is 82.6. The van der Waals surface area contributed by atoms with Gasteiger partial charge in [0.1, 0.15) is 5.82 Å². The molecule has 5 nitrogen and oxygen atoms in total. The molecule has 6 rings (SSSR count). The van der Waals surface area contributed by atoms with Crippen molar-refractivity contribution in [1.82, 2.24) is 15.0 Å². The van der Waals surface area contributed by atoms with E-state index in [1.807, 2.05) is 35.2 Å². The number of hydrogen-bond donors (Lipinski definition) is 1. The van der Waals surface area contributed by atoms with Crippen molar-refractivity contribution in [3.8, 4) is 10.4 Å². The molecular formula is C26H19F6N5S. The SMILES string of the molecule is FC(F)(F)c1cc(-c2cc3ccccc3s2)c2nc(N3CCN(c4ncccc4C(F)(F)F)CC3)[nH]c2c1. The molecule has 3 aromatic heterocycles. The van der Waals surface area contributed by atoms with E-state index in [4.69, 9.17) is 0 Å². The largest absolute Gasteiger partial charge is 0.419 e. The zero-order valence-corrected chi connectivity index (χ0v) is 20.4. The number of nitrogens with one attached hydrogen (secondary N) is 1. The number of nitrogens with zero attached hydrogens (tertiary/aromatic N) is 4. The monoisotopic (exact) mass is 547 g/mol. The number of fused-ring (bicyclic) bond motifs is 2. The van der Waals surface area contributed by atoms with E-state index in [1.54, 1.807) is 4.90 Å².